The van der Waals surface area contributed by atoms with Gasteiger partial charge in [0.05, 0.1) is 18.2 Å². The van der Waals surface area contributed by atoms with Crippen molar-refractivity contribution in [3.63, 3.8) is 0 Å². The summed E-state index contributed by atoms with van der Waals surface area (Å²) in [7, 11) is 2.21. The van der Waals surface area contributed by atoms with Gasteiger partial charge >= 0.3 is 0 Å². The third-order valence-electron chi connectivity index (χ3n) is 5.12. The maximum absolute atomic E-state index is 8.88. The average molecular weight is 371 g/mol. The summed E-state index contributed by atoms with van der Waals surface area (Å²) in [5.41, 5.74) is 3.22. The Morgan fingerprint density at radius 2 is 1.88 bits per heavy atom. The molecule has 138 valence electrons. The number of hydrogen-bond donors (Lipinski definition) is 0. The second-order valence-electron chi connectivity index (χ2n) is 6.83. The first-order chi connectivity index (χ1) is 12.3. The van der Waals surface area contributed by atoms with Crippen LogP contribution in [0.1, 0.15) is 36.0 Å². The summed E-state index contributed by atoms with van der Waals surface area (Å²) in [5, 5.41) is 8.88. The first kappa shape index (κ1) is 20.3. The van der Waals surface area contributed by atoms with Crippen molar-refractivity contribution in [2.24, 2.45) is 0 Å². The quantitative estimate of drug-likeness (QED) is 0.713. The van der Waals surface area contributed by atoms with E-state index in [9.17, 15) is 0 Å². The smallest absolute Gasteiger partial charge is 0.122 e. The molecule has 1 fully saturated rings. The van der Waals surface area contributed by atoms with Crippen LogP contribution in [0.3, 0.4) is 0 Å². The Bertz CT molecular complexity index is 724. The van der Waals surface area contributed by atoms with Gasteiger partial charge in [-0.05, 0) is 75.0 Å². The second-order valence-corrected chi connectivity index (χ2v) is 6.83. The molecule has 3 nitrogen and oxygen atoms in total. The first-order valence-corrected chi connectivity index (χ1v) is 9.16. The number of nitrogens with zero attached hydrogens (tertiary/aromatic N) is 2. The number of hydrogen-bond acceptors (Lipinski definition) is 3. The highest BCUT2D eigenvalue weighted by molar-refractivity contribution is 5.85. The van der Waals surface area contributed by atoms with Crippen LogP contribution in [0.5, 0.6) is 5.75 Å². The predicted molar refractivity (Wildman–Crippen MR) is 108 cm³/mol. The second kappa shape index (κ2) is 10.2. The molecule has 2 aromatic carbocycles. The van der Waals surface area contributed by atoms with Crippen molar-refractivity contribution < 1.29 is 4.74 Å². The molecule has 2 aromatic rings. The number of aryl methyl sites for hydroxylation is 2. The monoisotopic (exact) mass is 370 g/mol. The highest BCUT2D eigenvalue weighted by atomic mass is 35.5. The Labute approximate surface area is 163 Å². The van der Waals surface area contributed by atoms with Gasteiger partial charge < -0.3 is 9.64 Å². The van der Waals surface area contributed by atoms with Gasteiger partial charge in [-0.3, -0.25) is 0 Å². The van der Waals surface area contributed by atoms with Crippen LogP contribution in [0.25, 0.3) is 0 Å². The zero-order valence-corrected chi connectivity index (χ0v) is 16.2. The lowest BCUT2D eigenvalue weighted by atomic mass is 10.0. The zero-order chi connectivity index (χ0) is 17.5. The maximum Gasteiger partial charge on any atom is 0.122 e. The number of para-hydroxylation sites is 1. The minimum absolute atomic E-state index is 0. The summed E-state index contributed by atoms with van der Waals surface area (Å²) in [4.78, 5) is 2.44. The number of nitriles is 1. The fraction of sp³-hybridized carbons (Fsp3) is 0.409. The van der Waals surface area contributed by atoms with Crippen molar-refractivity contribution in [1.29, 1.82) is 5.26 Å². The molecule has 0 spiro atoms. The van der Waals surface area contributed by atoms with Crippen molar-refractivity contribution >= 4 is 12.4 Å². The molecular formula is C22H27ClN2O. The normalized spacial score (nSPS) is 16.7. The third-order valence-corrected chi connectivity index (χ3v) is 5.12. The molecule has 1 saturated heterocycles. The third kappa shape index (κ3) is 5.49. The lowest BCUT2D eigenvalue weighted by Gasteiger charge is -2.20. The highest BCUT2D eigenvalue weighted by Crippen LogP contribution is 2.22. The van der Waals surface area contributed by atoms with Crippen LogP contribution in [0.2, 0.25) is 0 Å². The molecule has 0 radical (unpaired) electrons. The van der Waals surface area contributed by atoms with Crippen LogP contribution >= 0.6 is 12.4 Å². The topological polar surface area (TPSA) is 36.3 Å². The standard InChI is InChI=1S/C22H26N2O.ClH/c1-24-15-4-6-21(24)14-16-25-22-7-3-2-5-20(22)13-12-18-8-10-19(17-23)11-9-18;/h2-3,5,7-11,21H,4,6,12-16H2,1H3;1H. The van der Waals surface area contributed by atoms with Crippen molar-refractivity contribution in [2.45, 2.75) is 38.1 Å². The minimum Gasteiger partial charge on any atom is -0.493 e. The molecule has 4 heteroatoms. The molecule has 0 aliphatic carbocycles. The fourth-order valence-electron chi connectivity index (χ4n) is 3.53. The number of likely N-dealkylation sites (tertiary alicyclic amines) is 1. The van der Waals surface area contributed by atoms with Crippen LogP contribution in [0, 0.1) is 11.3 Å². The molecule has 1 unspecified atom stereocenters. The lowest BCUT2D eigenvalue weighted by molar-refractivity contribution is 0.232. The van der Waals surface area contributed by atoms with Crippen LogP contribution in [0.4, 0.5) is 0 Å². The molecule has 0 saturated carbocycles. The Morgan fingerprint density at radius 3 is 2.58 bits per heavy atom. The van der Waals surface area contributed by atoms with Crippen molar-refractivity contribution in [2.75, 3.05) is 20.2 Å². The van der Waals surface area contributed by atoms with Crippen LogP contribution in [-0.2, 0) is 12.8 Å². The number of benzene rings is 2. The molecule has 0 N–H and O–H groups in total. The minimum atomic E-state index is 0. The van der Waals surface area contributed by atoms with Gasteiger partial charge in [0, 0.05) is 6.04 Å². The van der Waals surface area contributed by atoms with E-state index in [1.807, 2.05) is 30.3 Å². The van der Waals surface area contributed by atoms with Crippen molar-refractivity contribution in [3.05, 3.63) is 65.2 Å². The Hall–Kier alpha value is -2.02. The van der Waals surface area contributed by atoms with E-state index in [2.05, 4.69) is 36.2 Å². The van der Waals surface area contributed by atoms with Gasteiger partial charge in [0.25, 0.3) is 0 Å². The molecular weight excluding hydrogens is 344 g/mol. The summed E-state index contributed by atoms with van der Waals surface area (Å²) in [5.74, 6) is 1.01. The highest BCUT2D eigenvalue weighted by Gasteiger charge is 2.20. The maximum atomic E-state index is 8.88. The predicted octanol–water partition coefficient (Wildman–Crippen LogP) is 4.63. The molecule has 1 aliphatic heterocycles. The van der Waals surface area contributed by atoms with Gasteiger partial charge in [0.1, 0.15) is 5.75 Å². The lowest BCUT2D eigenvalue weighted by Crippen LogP contribution is -2.26. The van der Waals surface area contributed by atoms with Gasteiger partial charge in [-0.1, -0.05) is 30.3 Å². The Balaban J connectivity index is 0.00000243. The van der Waals surface area contributed by atoms with Gasteiger partial charge in [-0.2, -0.15) is 5.26 Å². The number of halogens is 1. The summed E-state index contributed by atoms with van der Waals surface area (Å²) >= 11 is 0. The molecule has 1 aliphatic rings. The number of ether oxygens (including phenoxy) is 1. The molecule has 0 bridgehead atoms. The van der Waals surface area contributed by atoms with Crippen molar-refractivity contribution in [3.8, 4) is 11.8 Å². The van der Waals surface area contributed by atoms with E-state index in [1.54, 1.807) is 0 Å². The molecule has 3 rings (SSSR count). The van der Waals surface area contributed by atoms with E-state index < -0.39 is 0 Å². The van der Waals surface area contributed by atoms with E-state index in [1.165, 1.54) is 30.5 Å². The van der Waals surface area contributed by atoms with E-state index in [4.69, 9.17) is 10.00 Å². The zero-order valence-electron chi connectivity index (χ0n) is 15.4. The van der Waals surface area contributed by atoms with Gasteiger partial charge in [0.2, 0.25) is 0 Å². The van der Waals surface area contributed by atoms with Gasteiger partial charge in [0.15, 0.2) is 0 Å². The van der Waals surface area contributed by atoms with Crippen LogP contribution in [0.15, 0.2) is 48.5 Å². The van der Waals surface area contributed by atoms with E-state index >= 15 is 0 Å². The SMILES string of the molecule is CN1CCCC1CCOc1ccccc1CCc1ccc(C#N)cc1.Cl. The molecule has 26 heavy (non-hydrogen) atoms. The molecule has 0 amide bonds. The summed E-state index contributed by atoms with van der Waals surface area (Å²) in [6, 6.07) is 19.0. The summed E-state index contributed by atoms with van der Waals surface area (Å²) in [6.07, 6.45) is 5.60. The van der Waals surface area contributed by atoms with Crippen LogP contribution < -0.4 is 4.74 Å². The molecule has 0 aromatic heterocycles. The summed E-state index contributed by atoms with van der Waals surface area (Å²) < 4.78 is 6.10. The Kier molecular flexibility index (Phi) is 7.97. The van der Waals surface area contributed by atoms with Crippen LogP contribution in [-0.4, -0.2) is 31.1 Å². The number of rotatable bonds is 7. The largest absolute Gasteiger partial charge is 0.493 e. The average Bonchev–Trinajstić information content (AvgIpc) is 3.06. The van der Waals surface area contributed by atoms with Gasteiger partial charge in [-0.25, -0.2) is 0 Å². The van der Waals surface area contributed by atoms with E-state index in [-0.39, 0.29) is 12.4 Å². The van der Waals surface area contributed by atoms with Gasteiger partial charge in [-0.15, -0.1) is 12.4 Å². The van der Waals surface area contributed by atoms with Crippen molar-refractivity contribution in [1.82, 2.24) is 4.90 Å². The van der Waals surface area contributed by atoms with E-state index in [0.717, 1.165) is 31.6 Å². The Morgan fingerprint density at radius 1 is 1.12 bits per heavy atom. The fourth-order valence-corrected chi connectivity index (χ4v) is 3.53. The molecule has 1 heterocycles. The first-order valence-electron chi connectivity index (χ1n) is 9.16. The molecule has 1 atom stereocenters. The summed E-state index contributed by atoms with van der Waals surface area (Å²) in [6.45, 7) is 1.99. The van der Waals surface area contributed by atoms with E-state index in [0.29, 0.717) is 11.6 Å².